The topological polar surface area (TPSA) is 30.0 Å². The molecule has 1 atom stereocenters. The van der Waals surface area contributed by atoms with E-state index in [1.54, 1.807) is 18.3 Å². The van der Waals surface area contributed by atoms with E-state index in [1.165, 1.54) is 11.6 Å². The molecular formula is C18H19ClFNO. The van der Waals surface area contributed by atoms with Crippen LogP contribution in [-0.4, -0.2) is 10.2 Å². The average molecular weight is 320 g/mol. The number of pyridine rings is 1. The number of benzene rings is 1. The minimum absolute atomic E-state index is 0.0748. The van der Waals surface area contributed by atoms with E-state index < -0.39 is 0 Å². The summed E-state index contributed by atoms with van der Waals surface area (Å²) < 4.78 is 13.6. The summed E-state index contributed by atoms with van der Waals surface area (Å²) in [5.41, 5.74) is 2.01. The van der Waals surface area contributed by atoms with Gasteiger partial charge in [-0.1, -0.05) is 6.92 Å². The van der Waals surface area contributed by atoms with Gasteiger partial charge in [0.05, 0.1) is 5.52 Å². The Balaban J connectivity index is 1.82. The van der Waals surface area contributed by atoms with Crippen LogP contribution >= 0.6 is 11.6 Å². The molecule has 0 spiro atoms. The molecule has 2 nitrogen and oxygen atoms in total. The lowest BCUT2D eigenvalue weighted by Gasteiger charge is -2.31. The van der Waals surface area contributed by atoms with Crippen LogP contribution in [0.4, 0.5) is 4.39 Å². The van der Waals surface area contributed by atoms with Crippen molar-refractivity contribution in [3.8, 4) is 0 Å². The van der Waals surface area contributed by atoms with Crippen molar-refractivity contribution in [2.75, 3.05) is 0 Å². The smallest absolute Gasteiger partial charge is 0.224 e. The lowest BCUT2D eigenvalue weighted by molar-refractivity contribution is -0.116. The van der Waals surface area contributed by atoms with Crippen LogP contribution in [0.3, 0.4) is 0 Å². The highest BCUT2D eigenvalue weighted by Gasteiger charge is 2.29. The average Bonchev–Trinajstić information content (AvgIpc) is 2.53. The van der Waals surface area contributed by atoms with Gasteiger partial charge in [-0.05, 0) is 78.9 Å². The first-order valence-corrected chi connectivity index (χ1v) is 8.17. The van der Waals surface area contributed by atoms with Gasteiger partial charge < -0.3 is 0 Å². The van der Waals surface area contributed by atoms with Crippen LogP contribution in [-0.2, 0) is 4.79 Å². The van der Waals surface area contributed by atoms with Crippen molar-refractivity contribution in [1.29, 1.82) is 0 Å². The van der Waals surface area contributed by atoms with Crippen molar-refractivity contribution < 1.29 is 9.18 Å². The molecule has 3 rings (SSSR count). The van der Waals surface area contributed by atoms with Crippen LogP contribution in [0.5, 0.6) is 0 Å². The van der Waals surface area contributed by atoms with Gasteiger partial charge in [-0.15, -0.1) is 0 Å². The van der Waals surface area contributed by atoms with Crippen molar-refractivity contribution >= 4 is 27.7 Å². The SMILES string of the molecule is C[C@@H](C(=O)Cl)C1CCC(c2ccnc3ccc(F)cc23)CC1. The molecule has 1 fully saturated rings. The predicted molar refractivity (Wildman–Crippen MR) is 86.4 cm³/mol. The molecule has 0 bridgehead atoms. The van der Waals surface area contributed by atoms with Crippen LogP contribution in [0.25, 0.3) is 10.9 Å². The van der Waals surface area contributed by atoms with Gasteiger partial charge in [-0.3, -0.25) is 9.78 Å². The summed E-state index contributed by atoms with van der Waals surface area (Å²) in [5, 5.41) is 0.673. The molecule has 22 heavy (non-hydrogen) atoms. The van der Waals surface area contributed by atoms with Gasteiger partial charge in [0.2, 0.25) is 5.24 Å². The van der Waals surface area contributed by atoms with Gasteiger partial charge in [0.15, 0.2) is 0 Å². The fourth-order valence-electron chi connectivity index (χ4n) is 3.61. The summed E-state index contributed by atoms with van der Waals surface area (Å²) in [6, 6.07) is 6.76. The Kier molecular flexibility index (Phi) is 4.44. The van der Waals surface area contributed by atoms with Crippen molar-refractivity contribution in [1.82, 2.24) is 4.98 Å². The quantitative estimate of drug-likeness (QED) is 0.741. The summed E-state index contributed by atoms with van der Waals surface area (Å²) in [7, 11) is 0. The molecule has 0 amide bonds. The summed E-state index contributed by atoms with van der Waals surface area (Å²) in [4.78, 5) is 15.6. The Labute approximate surface area is 134 Å². The van der Waals surface area contributed by atoms with E-state index >= 15 is 0 Å². The van der Waals surface area contributed by atoms with Gasteiger partial charge in [-0.25, -0.2) is 4.39 Å². The van der Waals surface area contributed by atoms with Gasteiger partial charge in [-0.2, -0.15) is 0 Å². The minimum atomic E-state index is -0.236. The molecule has 0 saturated heterocycles. The number of aromatic nitrogens is 1. The van der Waals surface area contributed by atoms with E-state index in [0.717, 1.165) is 36.6 Å². The van der Waals surface area contributed by atoms with Crippen LogP contribution in [0, 0.1) is 17.7 Å². The molecule has 116 valence electrons. The maximum atomic E-state index is 13.6. The number of carbonyl (C=O) groups excluding carboxylic acids is 1. The molecule has 0 unspecified atom stereocenters. The van der Waals surface area contributed by atoms with Gasteiger partial charge >= 0.3 is 0 Å². The number of rotatable bonds is 3. The number of hydrogen-bond donors (Lipinski definition) is 0. The molecule has 1 saturated carbocycles. The third kappa shape index (κ3) is 3.00. The zero-order chi connectivity index (χ0) is 15.7. The number of fused-ring (bicyclic) bond motifs is 1. The Morgan fingerprint density at radius 2 is 2.00 bits per heavy atom. The van der Waals surface area contributed by atoms with Crippen molar-refractivity contribution in [2.45, 2.75) is 38.5 Å². The third-order valence-electron chi connectivity index (χ3n) is 5.01. The number of carbonyl (C=O) groups is 1. The van der Waals surface area contributed by atoms with E-state index in [2.05, 4.69) is 4.98 Å². The highest BCUT2D eigenvalue weighted by Crippen LogP contribution is 2.41. The highest BCUT2D eigenvalue weighted by atomic mass is 35.5. The Morgan fingerprint density at radius 3 is 2.68 bits per heavy atom. The van der Waals surface area contributed by atoms with Crippen LogP contribution < -0.4 is 0 Å². The van der Waals surface area contributed by atoms with Crippen molar-refractivity contribution in [3.63, 3.8) is 0 Å². The number of halogens is 2. The molecule has 0 aliphatic heterocycles. The molecule has 1 aliphatic rings. The lowest BCUT2D eigenvalue weighted by atomic mass is 9.74. The highest BCUT2D eigenvalue weighted by molar-refractivity contribution is 6.63. The predicted octanol–water partition coefficient (Wildman–Crippen LogP) is 5.05. The summed E-state index contributed by atoms with van der Waals surface area (Å²) in [6.45, 7) is 1.91. The molecule has 0 radical (unpaired) electrons. The van der Waals surface area contributed by atoms with Gasteiger partial charge in [0, 0.05) is 17.5 Å². The molecule has 1 aromatic carbocycles. The van der Waals surface area contributed by atoms with Crippen molar-refractivity contribution in [2.24, 2.45) is 11.8 Å². The number of nitrogens with zero attached hydrogens (tertiary/aromatic N) is 1. The van der Waals surface area contributed by atoms with E-state index in [0.29, 0.717) is 11.8 Å². The standard InChI is InChI=1S/C18H19ClFNO/c1-11(18(19)22)12-2-4-13(5-3-12)15-8-9-21-17-7-6-14(20)10-16(15)17/h6-13H,2-5H2,1H3/t11-,12?,13?/m1/s1. The fraction of sp³-hybridized carbons (Fsp3) is 0.444. The molecule has 2 aromatic rings. The largest absolute Gasteiger partial charge is 0.281 e. The Morgan fingerprint density at radius 1 is 1.27 bits per heavy atom. The third-order valence-corrected chi connectivity index (χ3v) is 5.36. The first-order valence-electron chi connectivity index (χ1n) is 7.79. The second-order valence-electron chi connectivity index (χ2n) is 6.27. The number of hydrogen-bond acceptors (Lipinski definition) is 2. The zero-order valence-corrected chi connectivity index (χ0v) is 13.3. The first-order chi connectivity index (χ1) is 10.6. The second kappa shape index (κ2) is 6.33. The lowest BCUT2D eigenvalue weighted by Crippen LogP contribution is -2.22. The molecule has 1 heterocycles. The van der Waals surface area contributed by atoms with Crippen LogP contribution in [0.2, 0.25) is 0 Å². The van der Waals surface area contributed by atoms with Gasteiger partial charge in [0.25, 0.3) is 0 Å². The van der Waals surface area contributed by atoms with Crippen LogP contribution in [0.15, 0.2) is 30.5 Å². The molecule has 1 aliphatic carbocycles. The zero-order valence-electron chi connectivity index (χ0n) is 12.6. The Bertz CT molecular complexity index is 695. The maximum absolute atomic E-state index is 13.6. The van der Waals surface area contributed by atoms with E-state index in [-0.39, 0.29) is 17.0 Å². The summed E-state index contributed by atoms with van der Waals surface area (Å²) >= 11 is 5.62. The van der Waals surface area contributed by atoms with Gasteiger partial charge in [0.1, 0.15) is 5.82 Å². The Hall–Kier alpha value is -1.48. The fourth-order valence-corrected chi connectivity index (χ4v) is 3.79. The molecule has 4 heteroatoms. The maximum Gasteiger partial charge on any atom is 0.224 e. The first kappa shape index (κ1) is 15.4. The summed E-state index contributed by atoms with van der Waals surface area (Å²) in [6.07, 6.45) is 5.79. The van der Waals surface area contributed by atoms with Crippen molar-refractivity contribution in [3.05, 3.63) is 41.8 Å². The van der Waals surface area contributed by atoms with E-state index in [4.69, 9.17) is 11.6 Å². The summed E-state index contributed by atoms with van der Waals surface area (Å²) in [5.74, 6) is 0.471. The van der Waals surface area contributed by atoms with Crippen LogP contribution in [0.1, 0.15) is 44.1 Å². The van der Waals surface area contributed by atoms with E-state index in [9.17, 15) is 9.18 Å². The molecular weight excluding hydrogens is 301 g/mol. The second-order valence-corrected chi connectivity index (χ2v) is 6.64. The van der Waals surface area contributed by atoms with E-state index in [1.807, 2.05) is 13.0 Å². The minimum Gasteiger partial charge on any atom is -0.281 e. The molecule has 0 N–H and O–H groups in total. The monoisotopic (exact) mass is 319 g/mol. The normalized spacial score (nSPS) is 23.4. The molecule has 1 aromatic heterocycles.